The topological polar surface area (TPSA) is 21.7 Å². The highest BCUT2D eigenvalue weighted by molar-refractivity contribution is 9.10. The highest BCUT2D eigenvalue weighted by Crippen LogP contribution is 2.24. The van der Waals surface area contributed by atoms with E-state index in [1.54, 1.807) is 0 Å². The molecule has 23 heavy (non-hydrogen) atoms. The largest absolute Gasteiger partial charge is 0.494 e. The van der Waals surface area contributed by atoms with Crippen molar-refractivity contribution in [3.05, 3.63) is 28.7 Å². The minimum atomic E-state index is 0.346. The first-order valence-electron chi connectivity index (χ1n) is 8.86. The summed E-state index contributed by atoms with van der Waals surface area (Å²) >= 11 is 3.44. The van der Waals surface area contributed by atoms with Crippen molar-refractivity contribution in [2.75, 3.05) is 33.4 Å². The van der Waals surface area contributed by atoms with Gasteiger partial charge in [0, 0.05) is 18.1 Å². The van der Waals surface area contributed by atoms with E-state index in [0.29, 0.717) is 12.0 Å². The van der Waals surface area contributed by atoms with Gasteiger partial charge in [-0.15, -0.1) is 0 Å². The van der Waals surface area contributed by atoms with Crippen molar-refractivity contribution in [2.45, 2.75) is 45.1 Å². The summed E-state index contributed by atoms with van der Waals surface area (Å²) in [6.07, 6.45) is 6.56. The molecular weight excluding hydrogens is 354 g/mol. The SMILES string of the molecule is CCCCCN1CC[C@@H](CCOc2ccc(Br)cc2)[C@@H](OC)C1. The van der Waals surface area contributed by atoms with Crippen LogP contribution in [0.15, 0.2) is 28.7 Å². The smallest absolute Gasteiger partial charge is 0.119 e. The Balaban J connectivity index is 1.71. The Bertz CT molecular complexity index is 438. The van der Waals surface area contributed by atoms with Crippen molar-refractivity contribution in [3.63, 3.8) is 0 Å². The van der Waals surface area contributed by atoms with Gasteiger partial charge in [0.25, 0.3) is 0 Å². The Morgan fingerprint density at radius 2 is 2.00 bits per heavy atom. The number of ether oxygens (including phenoxy) is 2. The molecule has 1 aliphatic rings. The molecule has 1 aromatic carbocycles. The van der Waals surface area contributed by atoms with E-state index in [4.69, 9.17) is 9.47 Å². The zero-order valence-electron chi connectivity index (χ0n) is 14.5. The predicted molar refractivity (Wildman–Crippen MR) is 99.1 cm³/mol. The van der Waals surface area contributed by atoms with Crippen molar-refractivity contribution in [1.82, 2.24) is 4.90 Å². The van der Waals surface area contributed by atoms with Gasteiger partial charge in [-0.25, -0.2) is 0 Å². The second-order valence-corrected chi connectivity index (χ2v) is 7.34. The summed E-state index contributed by atoms with van der Waals surface area (Å²) in [5, 5.41) is 0. The van der Waals surface area contributed by atoms with E-state index in [0.717, 1.165) is 29.8 Å². The third-order valence-electron chi connectivity index (χ3n) is 4.73. The number of likely N-dealkylation sites (tertiary alicyclic amines) is 1. The first kappa shape index (κ1) is 18.8. The molecule has 0 amide bonds. The van der Waals surface area contributed by atoms with Crippen LogP contribution < -0.4 is 4.74 Å². The van der Waals surface area contributed by atoms with E-state index in [9.17, 15) is 0 Å². The third kappa shape index (κ3) is 6.44. The van der Waals surface area contributed by atoms with Crippen LogP contribution >= 0.6 is 15.9 Å². The Morgan fingerprint density at radius 3 is 2.70 bits per heavy atom. The number of hydrogen-bond acceptors (Lipinski definition) is 3. The fourth-order valence-corrected chi connectivity index (χ4v) is 3.54. The zero-order valence-corrected chi connectivity index (χ0v) is 16.1. The average molecular weight is 384 g/mol. The third-order valence-corrected chi connectivity index (χ3v) is 5.26. The van der Waals surface area contributed by atoms with Crippen LogP contribution in [0.1, 0.15) is 39.0 Å². The summed E-state index contributed by atoms with van der Waals surface area (Å²) in [5.74, 6) is 1.55. The maximum atomic E-state index is 5.87. The lowest BCUT2D eigenvalue weighted by Gasteiger charge is -2.37. The molecule has 2 rings (SSSR count). The molecule has 0 N–H and O–H groups in total. The summed E-state index contributed by atoms with van der Waals surface area (Å²) in [7, 11) is 1.85. The van der Waals surface area contributed by atoms with Crippen LogP contribution in [0.4, 0.5) is 0 Å². The van der Waals surface area contributed by atoms with E-state index in [-0.39, 0.29) is 0 Å². The average Bonchev–Trinajstić information content (AvgIpc) is 2.58. The number of hydrogen-bond donors (Lipinski definition) is 0. The van der Waals surface area contributed by atoms with Crippen LogP contribution in [-0.4, -0.2) is 44.4 Å². The van der Waals surface area contributed by atoms with Gasteiger partial charge in [-0.3, -0.25) is 0 Å². The monoisotopic (exact) mass is 383 g/mol. The zero-order chi connectivity index (χ0) is 16.5. The van der Waals surface area contributed by atoms with Crippen molar-refractivity contribution in [1.29, 1.82) is 0 Å². The fraction of sp³-hybridized carbons (Fsp3) is 0.684. The van der Waals surface area contributed by atoms with Gasteiger partial charge in [0.1, 0.15) is 5.75 Å². The molecule has 1 aliphatic heterocycles. The molecule has 0 bridgehead atoms. The van der Waals surface area contributed by atoms with Crippen molar-refractivity contribution in [3.8, 4) is 5.75 Å². The Hall–Kier alpha value is -0.580. The summed E-state index contributed by atoms with van der Waals surface area (Å²) in [4.78, 5) is 2.57. The van der Waals surface area contributed by atoms with E-state index < -0.39 is 0 Å². The molecule has 4 heteroatoms. The molecule has 2 atom stereocenters. The van der Waals surface area contributed by atoms with Crippen LogP contribution in [0.5, 0.6) is 5.75 Å². The van der Waals surface area contributed by atoms with Gasteiger partial charge in [0.15, 0.2) is 0 Å². The first-order chi connectivity index (χ1) is 11.2. The minimum absolute atomic E-state index is 0.346. The van der Waals surface area contributed by atoms with E-state index in [1.165, 1.54) is 38.8 Å². The maximum Gasteiger partial charge on any atom is 0.119 e. The number of methoxy groups -OCH3 is 1. The molecular formula is C19H30BrNO2. The van der Waals surface area contributed by atoms with Crippen LogP contribution in [0.2, 0.25) is 0 Å². The molecule has 1 saturated heterocycles. The van der Waals surface area contributed by atoms with Crippen LogP contribution in [0, 0.1) is 5.92 Å². The van der Waals surface area contributed by atoms with Crippen LogP contribution in [0.25, 0.3) is 0 Å². The summed E-state index contributed by atoms with van der Waals surface area (Å²) in [6.45, 7) is 6.52. The quantitative estimate of drug-likeness (QED) is 0.574. The second kappa shape index (κ2) is 10.3. The van der Waals surface area contributed by atoms with E-state index in [2.05, 4.69) is 27.8 Å². The molecule has 0 spiro atoms. The van der Waals surface area contributed by atoms with Gasteiger partial charge in [-0.1, -0.05) is 35.7 Å². The minimum Gasteiger partial charge on any atom is -0.494 e. The van der Waals surface area contributed by atoms with Crippen LogP contribution in [-0.2, 0) is 4.74 Å². The Kier molecular flexibility index (Phi) is 8.41. The number of rotatable bonds is 9. The van der Waals surface area contributed by atoms with Crippen LogP contribution in [0.3, 0.4) is 0 Å². The number of benzene rings is 1. The second-order valence-electron chi connectivity index (χ2n) is 6.42. The van der Waals surface area contributed by atoms with E-state index in [1.807, 2.05) is 31.4 Å². The first-order valence-corrected chi connectivity index (χ1v) is 9.65. The van der Waals surface area contributed by atoms with Crippen molar-refractivity contribution >= 4 is 15.9 Å². The van der Waals surface area contributed by atoms with Gasteiger partial charge in [-0.2, -0.15) is 0 Å². The van der Waals surface area contributed by atoms with Crippen molar-refractivity contribution in [2.24, 2.45) is 5.92 Å². The molecule has 0 saturated carbocycles. The van der Waals surface area contributed by atoms with Gasteiger partial charge >= 0.3 is 0 Å². The molecule has 130 valence electrons. The van der Waals surface area contributed by atoms with E-state index >= 15 is 0 Å². The molecule has 0 aliphatic carbocycles. The van der Waals surface area contributed by atoms with Gasteiger partial charge in [-0.05, 0) is 62.5 Å². The highest BCUT2D eigenvalue weighted by Gasteiger charge is 2.28. The highest BCUT2D eigenvalue weighted by atomic mass is 79.9. The number of piperidine rings is 1. The summed E-state index contributed by atoms with van der Waals surface area (Å²) in [5.41, 5.74) is 0. The Morgan fingerprint density at radius 1 is 1.22 bits per heavy atom. The molecule has 1 aromatic rings. The Labute approximate surface area is 149 Å². The standard InChI is InChI=1S/C19H30BrNO2/c1-3-4-5-12-21-13-10-16(19(15-21)22-2)11-14-23-18-8-6-17(20)7-9-18/h6-9,16,19H,3-5,10-15H2,1-2H3/t16-,19-/m0/s1. The molecule has 0 radical (unpaired) electrons. The molecule has 1 heterocycles. The lowest BCUT2D eigenvalue weighted by Crippen LogP contribution is -2.45. The van der Waals surface area contributed by atoms with Gasteiger partial charge in [0.2, 0.25) is 0 Å². The molecule has 3 nitrogen and oxygen atoms in total. The van der Waals surface area contributed by atoms with Crippen molar-refractivity contribution < 1.29 is 9.47 Å². The molecule has 0 unspecified atom stereocenters. The normalized spacial score (nSPS) is 22.2. The van der Waals surface area contributed by atoms with Gasteiger partial charge < -0.3 is 14.4 Å². The summed E-state index contributed by atoms with van der Waals surface area (Å²) < 4.78 is 12.7. The number of unbranched alkanes of at least 4 members (excludes halogenated alkanes) is 2. The molecule has 1 fully saturated rings. The predicted octanol–water partition coefficient (Wildman–Crippen LogP) is 4.75. The number of nitrogens with zero attached hydrogens (tertiary/aromatic N) is 1. The maximum absolute atomic E-state index is 5.87. The number of halogens is 1. The fourth-order valence-electron chi connectivity index (χ4n) is 3.27. The lowest BCUT2D eigenvalue weighted by molar-refractivity contribution is -0.0180. The lowest BCUT2D eigenvalue weighted by atomic mass is 9.91. The van der Waals surface area contributed by atoms with Gasteiger partial charge in [0.05, 0.1) is 12.7 Å². The summed E-state index contributed by atoms with van der Waals surface area (Å²) in [6, 6.07) is 8.05. The molecule has 0 aromatic heterocycles.